The van der Waals surface area contributed by atoms with E-state index < -0.39 is 12.0 Å². The lowest BCUT2D eigenvalue weighted by atomic mass is 10.3. The highest BCUT2D eigenvalue weighted by Crippen LogP contribution is 2.17. The molecule has 1 heterocycles. The first-order valence-electron chi connectivity index (χ1n) is 3.23. The van der Waals surface area contributed by atoms with Gasteiger partial charge >= 0.3 is 5.97 Å². The lowest BCUT2D eigenvalue weighted by Gasteiger charge is -2.18. The Balaban J connectivity index is 2.59. The molecule has 4 nitrogen and oxygen atoms in total. The highest BCUT2D eigenvalue weighted by atomic mass is 32.2. The summed E-state index contributed by atoms with van der Waals surface area (Å²) in [6.45, 7) is 1.52. The lowest BCUT2D eigenvalue weighted by Crippen LogP contribution is -2.39. The molecular weight excluding hydrogens is 166 g/mol. The molecule has 1 aliphatic heterocycles. The molecule has 1 saturated heterocycles. The molecule has 1 aliphatic rings. The zero-order valence-electron chi connectivity index (χ0n) is 6.11. The summed E-state index contributed by atoms with van der Waals surface area (Å²) in [5.74, 6) is -0.102. The average Bonchev–Trinajstić information content (AvgIpc) is 2.33. The highest BCUT2D eigenvalue weighted by molar-refractivity contribution is 8.00. The van der Waals surface area contributed by atoms with Crippen LogP contribution in [0.25, 0.3) is 0 Å². The fourth-order valence-electron chi connectivity index (χ4n) is 0.847. The van der Waals surface area contributed by atoms with Crippen molar-refractivity contribution >= 4 is 23.6 Å². The number of hydrogen-bond acceptors (Lipinski definition) is 3. The van der Waals surface area contributed by atoms with Crippen LogP contribution in [0.4, 0.5) is 0 Å². The van der Waals surface area contributed by atoms with E-state index in [2.05, 4.69) is 0 Å². The molecule has 1 rings (SSSR count). The van der Waals surface area contributed by atoms with Crippen LogP contribution in [0.2, 0.25) is 0 Å². The number of amides is 1. The molecule has 0 aromatic rings. The van der Waals surface area contributed by atoms with Gasteiger partial charge in [-0.3, -0.25) is 4.79 Å². The van der Waals surface area contributed by atoms with Crippen LogP contribution < -0.4 is 0 Å². The van der Waals surface area contributed by atoms with E-state index >= 15 is 0 Å². The quantitative estimate of drug-likeness (QED) is 0.641. The van der Waals surface area contributed by atoms with E-state index in [1.165, 1.54) is 23.6 Å². The standard InChI is InChI=1S/C6H9NO3S/c1-4(6(9)10)7-3-11-2-5(7)8/h4H,2-3H2,1H3,(H,9,10). The third-order valence-electron chi connectivity index (χ3n) is 1.60. The predicted molar refractivity (Wildman–Crippen MR) is 41.3 cm³/mol. The Morgan fingerprint density at radius 3 is 2.82 bits per heavy atom. The van der Waals surface area contributed by atoms with Crippen LogP contribution in [0.3, 0.4) is 0 Å². The maximum absolute atomic E-state index is 11.0. The van der Waals surface area contributed by atoms with Crippen LogP contribution in [0.15, 0.2) is 0 Å². The van der Waals surface area contributed by atoms with Gasteiger partial charge in [0.25, 0.3) is 0 Å². The molecule has 0 radical (unpaired) electrons. The summed E-state index contributed by atoms with van der Waals surface area (Å²) in [5, 5.41) is 8.56. The molecule has 0 spiro atoms. The van der Waals surface area contributed by atoms with Crippen LogP contribution in [-0.2, 0) is 9.59 Å². The van der Waals surface area contributed by atoms with Gasteiger partial charge in [-0.15, -0.1) is 11.8 Å². The topological polar surface area (TPSA) is 57.6 Å². The maximum Gasteiger partial charge on any atom is 0.326 e. The van der Waals surface area contributed by atoms with Gasteiger partial charge in [0.05, 0.1) is 11.6 Å². The van der Waals surface area contributed by atoms with E-state index in [4.69, 9.17) is 5.11 Å². The second-order valence-corrected chi connectivity index (χ2v) is 3.31. The number of aliphatic carboxylic acids is 1. The second-order valence-electron chi connectivity index (χ2n) is 2.36. The van der Waals surface area contributed by atoms with Crippen LogP contribution in [0, 0.1) is 0 Å². The van der Waals surface area contributed by atoms with E-state index in [0.29, 0.717) is 11.6 Å². The molecule has 1 amide bonds. The van der Waals surface area contributed by atoms with Crippen molar-refractivity contribution in [1.29, 1.82) is 0 Å². The molecule has 62 valence electrons. The molecule has 0 saturated carbocycles. The van der Waals surface area contributed by atoms with Gasteiger partial charge in [0.2, 0.25) is 5.91 Å². The molecule has 1 N–H and O–H groups in total. The zero-order chi connectivity index (χ0) is 8.43. The van der Waals surface area contributed by atoms with Gasteiger partial charge in [-0.1, -0.05) is 0 Å². The summed E-state index contributed by atoms with van der Waals surface area (Å²) in [4.78, 5) is 22.8. The van der Waals surface area contributed by atoms with Crippen molar-refractivity contribution in [3.05, 3.63) is 0 Å². The maximum atomic E-state index is 11.0. The van der Waals surface area contributed by atoms with Gasteiger partial charge in [0.15, 0.2) is 0 Å². The largest absolute Gasteiger partial charge is 0.480 e. The Kier molecular flexibility index (Phi) is 2.38. The van der Waals surface area contributed by atoms with Crippen LogP contribution in [0.1, 0.15) is 6.92 Å². The van der Waals surface area contributed by atoms with E-state index in [9.17, 15) is 9.59 Å². The van der Waals surface area contributed by atoms with Gasteiger partial charge < -0.3 is 10.0 Å². The number of rotatable bonds is 2. The fourth-order valence-corrected chi connectivity index (χ4v) is 1.84. The summed E-state index contributed by atoms with van der Waals surface area (Å²) < 4.78 is 0. The fraction of sp³-hybridized carbons (Fsp3) is 0.667. The van der Waals surface area contributed by atoms with Crippen molar-refractivity contribution < 1.29 is 14.7 Å². The molecule has 5 heteroatoms. The van der Waals surface area contributed by atoms with Crippen LogP contribution in [-0.4, -0.2) is 39.6 Å². The predicted octanol–water partition coefficient (Wildman–Crippen LogP) is -0.00760. The SMILES string of the molecule is CC(C(=O)O)N1CSCC1=O. The van der Waals surface area contributed by atoms with Gasteiger partial charge in [-0.05, 0) is 6.92 Å². The first-order valence-corrected chi connectivity index (χ1v) is 4.38. The first-order chi connectivity index (χ1) is 5.13. The minimum atomic E-state index is -0.944. The molecule has 1 fully saturated rings. The number of carboxylic acids is 1. The Hall–Kier alpha value is -0.710. The van der Waals surface area contributed by atoms with Crippen LogP contribution >= 0.6 is 11.8 Å². The number of carboxylic acid groups (broad SMARTS) is 1. The van der Waals surface area contributed by atoms with Gasteiger partial charge in [-0.25, -0.2) is 4.79 Å². The van der Waals surface area contributed by atoms with Gasteiger partial charge in [-0.2, -0.15) is 0 Å². The molecule has 0 aliphatic carbocycles. The van der Waals surface area contributed by atoms with Crippen molar-refractivity contribution in [1.82, 2.24) is 4.90 Å². The lowest BCUT2D eigenvalue weighted by molar-refractivity contribution is -0.147. The Bertz CT molecular complexity index is 194. The van der Waals surface area contributed by atoms with Crippen molar-refractivity contribution in [3.63, 3.8) is 0 Å². The Morgan fingerprint density at radius 2 is 2.45 bits per heavy atom. The van der Waals surface area contributed by atoms with E-state index in [1.807, 2.05) is 0 Å². The number of carbonyl (C=O) groups excluding carboxylic acids is 1. The minimum absolute atomic E-state index is 0.0788. The van der Waals surface area contributed by atoms with Crippen molar-refractivity contribution in [2.24, 2.45) is 0 Å². The third-order valence-corrected chi connectivity index (χ3v) is 2.51. The van der Waals surface area contributed by atoms with Crippen molar-refractivity contribution in [3.8, 4) is 0 Å². The number of carbonyl (C=O) groups is 2. The summed E-state index contributed by atoms with van der Waals surface area (Å²) in [6.07, 6.45) is 0. The molecule has 0 bridgehead atoms. The molecule has 1 atom stereocenters. The molecule has 0 aromatic heterocycles. The normalized spacial score (nSPS) is 20.5. The highest BCUT2D eigenvalue weighted by Gasteiger charge is 2.29. The molecular formula is C6H9NO3S. The minimum Gasteiger partial charge on any atom is -0.480 e. The van der Waals surface area contributed by atoms with Crippen molar-refractivity contribution in [2.45, 2.75) is 13.0 Å². The van der Waals surface area contributed by atoms with E-state index in [0.717, 1.165) is 0 Å². The third kappa shape index (κ3) is 1.65. The molecule has 11 heavy (non-hydrogen) atoms. The summed E-state index contributed by atoms with van der Waals surface area (Å²) >= 11 is 1.45. The number of hydrogen-bond donors (Lipinski definition) is 1. The van der Waals surface area contributed by atoms with Gasteiger partial charge in [0, 0.05) is 0 Å². The average molecular weight is 175 g/mol. The summed E-state index contributed by atoms with van der Waals surface area (Å²) in [6, 6.07) is -0.683. The number of thioether (sulfide) groups is 1. The summed E-state index contributed by atoms with van der Waals surface area (Å²) in [7, 11) is 0. The number of nitrogens with zero attached hydrogens (tertiary/aromatic N) is 1. The van der Waals surface area contributed by atoms with E-state index in [-0.39, 0.29) is 5.91 Å². The Labute approximate surface area is 68.6 Å². The van der Waals surface area contributed by atoms with Crippen LogP contribution in [0.5, 0.6) is 0 Å². The molecule has 1 unspecified atom stereocenters. The second kappa shape index (κ2) is 3.13. The van der Waals surface area contributed by atoms with Crippen molar-refractivity contribution in [2.75, 3.05) is 11.6 Å². The van der Waals surface area contributed by atoms with E-state index in [1.54, 1.807) is 0 Å². The Morgan fingerprint density at radius 1 is 1.82 bits per heavy atom. The summed E-state index contributed by atoms with van der Waals surface area (Å²) in [5.41, 5.74) is 0. The monoisotopic (exact) mass is 175 g/mol. The zero-order valence-corrected chi connectivity index (χ0v) is 6.93. The molecule has 0 aromatic carbocycles. The smallest absolute Gasteiger partial charge is 0.326 e. The first kappa shape index (κ1) is 8.39. The van der Waals surface area contributed by atoms with Gasteiger partial charge in [0.1, 0.15) is 6.04 Å².